The van der Waals surface area contributed by atoms with Crippen molar-refractivity contribution in [2.24, 2.45) is 5.92 Å². The largest absolute Gasteiger partial charge is 0.301 e. The number of benzene rings is 2. The smallest absolute Gasteiger partial charge is 0.233 e. The molecule has 0 spiro atoms. The predicted molar refractivity (Wildman–Crippen MR) is 109 cm³/mol. The molecule has 2 aromatic carbocycles. The zero-order valence-corrected chi connectivity index (χ0v) is 16.3. The van der Waals surface area contributed by atoms with Gasteiger partial charge >= 0.3 is 0 Å². The van der Waals surface area contributed by atoms with E-state index < -0.39 is 0 Å². The molecule has 1 heterocycles. The Balaban J connectivity index is 1.70. The molecular formula is C21H21ClN2OS. The topological polar surface area (TPSA) is 42.0 Å². The van der Waals surface area contributed by atoms with Crippen LogP contribution in [0, 0.1) is 5.92 Å². The molecule has 1 unspecified atom stereocenters. The van der Waals surface area contributed by atoms with Gasteiger partial charge in [0.15, 0.2) is 5.13 Å². The van der Waals surface area contributed by atoms with E-state index in [2.05, 4.69) is 24.1 Å². The van der Waals surface area contributed by atoms with E-state index >= 15 is 0 Å². The normalized spacial score (nSPS) is 12.2. The third-order valence-electron chi connectivity index (χ3n) is 4.16. The summed E-state index contributed by atoms with van der Waals surface area (Å²) in [5, 5.41) is 4.34. The lowest BCUT2D eigenvalue weighted by molar-refractivity contribution is -0.118. The van der Waals surface area contributed by atoms with Crippen molar-refractivity contribution in [3.05, 3.63) is 81.8 Å². The number of nitrogens with one attached hydrogen (secondary N) is 1. The fourth-order valence-corrected chi connectivity index (χ4v) is 4.04. The van der Waals surface area contributed by atoms with Crippen LogP contribution in [0.25, 0.3) is 0 Å². The van der Waals surface area contributed by atoms with E-state index in [0.717, 1.165) is 27.4 Å². The summed E-state index contributed by atoms with van der Waals surface area (Å²) in [5.41, 5.74) is 2.15. The highest BCUT2D eigenvalue weighted by Crippen LogP contribution is 2.28. The first-order valence-electron chi connectivity index (χ1n) is 8.58. The van der Waals surface area contributed by atoms with Crippen molar-refractivity contribution in [1.82, 2.24) is 4.98 Å². The molecule has 26 heavy (non-hydrogen) atoms. The van der Waals surface area contributed by atoms with Crippen LogP contribution >= 0.6 is 22.9 Å². The van der Waals surface area contributed by atoms with Crippen LogP contribution < -0.4 is 5.32 Å². The van der Waals surface area contributed by atoms with Crippen LogP contribution in [0.3, 0.4) is 0 Å². The van der Waals surface area contributed by atoms with E-state index in [4.69, 9.17) is 11.6 Å². The predicted octanol–water partition coefficient (Wildman–Crippen LogP) is 5.77. The molecule has 1 N–H and O–H groups in total. The van der Waals surface area contributed by atoms with E-state index in [1.807, 2.05) is 60.8 Å². The van der Waals surface area contributed by atoms with Gasteiger partial charge in [-0.3, -0.25) is 4.79 Å². The minimum atomic E-state index is -0.198. The molecule has 3 aromatic rings. The van der Waals surface area contributed by atoms with Crippen molar-refractivity contribution in [3.63, 3.8) is 0 Å². The van der Waals surface area contributed by atoms with E-state index in [9.17, 15) is 4.79 Å². The second-order valence-corrected chi connectivity index (χ2v) is 8.11. The van der Waals surface area contributed by atoms with Crippen molar-refractivity contribution < 1.29 is 4.79 Å². The molecule has 3 nitrogen and oxygen atoms in total. The average Bonchev–Trinajstić information content (AvgIpc) is 3.02. The number of halogens is 1. The first-order chi connectivity index (χ1) is 12.5. The zero-order chi connectivity index (χ0) is 18.5. The Morgan fingerprint density at radius 1 is 1.15 bits per heavy atom. The van der Waals surface area contributed by atoms with Crippen LogP contribution in [0.4, 0.5) is 5.13 Å². The van der Waals surface area contributed by atoms with Crippen molar-refractivity contribution in [2.75, 3.05) is 5.32 Å². The monoisotopic (exact) mass is 384 g/mol. The van der Waals surface area contributed by atoms with Crippen LogP contribution in [-0.2, 0) is 11.2 Å². The summed E-state index contributed by atoms with van der Waals surface area (Å²) in [6, 6.07) is 17.7. The minimum Gasteiger partial charge on any atom is -0.301 e. The number of anilines is 1. The second-order valence-electron chi connectivity index (χ2n) is 6.56. The Morgan fingerprint density at radius 3 is 2.62 bits per heavy atom. The first kappa shape index (κ1) is 18.6. The fraction of sp³-hybridized carbons (Fsp3) is 0.238. The van der Waals surface area contributed by atoms with Crippen LogP contribution in [0.1, 0.15) is 35.8 Å². The lowest BCUT2D eigenvalue weighted by atomic mass is 9.88. The Labute approximate surface area is 163 Å². The number of nitrogens with zero attached hydrogens (tertiary/aromatic N) is 1. The zero-order valence-electron chi connectivity index (χ0n) is 14.8. The number of hydrogen-bond donors (Lipinski definition) is 1. The molecule has 0 aliphatic carbocycles. The van der Waals surface area contributed by atoms with Gasteiger partial charge in [0.25, 0.3) is 0 Å². The average molecular weight is 385 g/mol. The standard InChI is InChI=1S/C21H21ClN2OS/c1-14(2)19(16-8-4-3-5-9-16)20(25)24-21-23-13-18(26-21)12-15-7-6-10-17(22)11-15/h3-11,13-14,19H,12H2,1-2H3,(H,23,24,25). The summed E-state index contributed by atoms with van der Waals surface area (Å²) in [6.45, 7) is 4.12. The number of rotatable bonds is 6. The van der Waals surface area contributed by atoms with Gasteiger partial charge in [0.2, 0.25) is 5.91 Å². The molecule has 0 fully saturated rings. The van der Waals surface area contributed by atoms with Crippen LogP contribution in [-0.4, -0.2) is 10.9 Å². The molecule has 0 saturated heterocycles. The number of carbonyl (C=O) groups excluding carboxylic acids is 1. The summed E-state index contributed by atoms with van der Waals surface area (Å²) >= 11 is 7.54. The Kier molecular flexibility index (Phi) is 6.07. The minimum absolute atomic E-state index is 0.0187. The number of carbonyl (C=O) groups is 1. The van der Waals surface area contributed by atoms with Gasteiger partial charge in [-0.15, -0.1) is 11.3 Å². The summed E-state index contributed by atoms with van der Waals surface area (Å²) in [7, 11) is 0. The van der Waals surface area contributed by atoms with Crippen LogP contribution in [0.15, 0.2) is 60.8 Å². The molecular weight excluding hydrogens is 364 g/mol. The highest BCUT2D eigenvalue weighted by Gasteiger charge is 2.24. The van der Waals surface area contributed by atoms with Gasteiger partial charge in [-0.05, 0) is 29.2 Å². The molecule has 134 valence electrons. The molecule has 5 heteroatoms. The Bertz CT molecular complexity index is 876. The van der Waals surface area contributed by atoms with Crippen LogP contribution in [0.5, 0.6) is 0 Å². The van der Waals surface area contributed by atoms with E-state index in [0.29, 0.717) is 5.13 Å². The summed E-state index contributed by atoms with van der Waals surface area (Å²) < 4.78 is 0. The van der Waals surface area contributed by atoms with E-state index in [1.165, 1.54) is 11.3 Å². The molecule has 0 aliphatic rings. The molecule has 0 saturated carbocycles. The maximum absolute atomic E-state index is 12.8. The third-order valence-corrected chi connectivity index (χ3v) is 5.31. The lowest BCUT2D eigenvalue weighted by Gasteiger charge is -2.19. The molecule has 1 amide bonds. The molecule has 0 radical (unpaired) electrons. The summed E-state index contributed by atoms with van der Waals surface area (Å²) in [5.74, 6) is -0.0189. The lowest BCUT2D eigenvalue weighted by Crippen LogP contribution is -2.25. The quantitative estimate of drug-likeness (QED) is 0.586. The van der Waals surface area contributed by atoms with Gasteiger partial charge in [-0.1, -0.05) is 67.9 Å². The highest BCUT2D eigenvalue weighted by molar-refractivity contribution is 7.15. The Morgan fingerprint density at radius 2 is 1.92 bits per heavy atom. The van der Waals surface area contributed by atoms with Crippen molar-refractivity contribution in [3.8, 4) is 0 Å². The van der Waals surface area contributed by atoms with Gasteiger partial charge in [-0.2, -0.15) is 0 Å². The van der Waals surface area contributed by atoms with Gasteiger partial charge < -0.3 is 5.32 Å². The Hall–Kier alpha value is -2.17. The van der Waals surface area contributed by atoms with Crippen molar-refractivity contribution >= 4 is 34.0 Å². The summed E-state index contributed by atoms with van der Waals surface area (Å²) in [6.07, 6.45) is 2.56. The molecule has 0 aliphatic heterocycles. The molecule has 3 rings (SSSR count). The third kappa shape index (κ3) is 4.71. The molecule has 0 bridgehead atoms. The number of amides is 1. The highest BCUT2D eigenvalue weighted by atomic mass is 35.5. The number of aromatic nitrogens is 1. The van der Waals surface area contributed by atoms with Crippen molar-refractivity contribution in [2.45, 2.75) is 26.2 Å². The number of thiazole rings is 1. The fourth-order valence-electron chi connectivity index (χ4n) is 2.98. The van der Waals surface area contributed by atoms with Crippen molar-refractivity contribution in [1.29, 1.82) is 0 Å². The van der Waals surface area contributed by atoms with Gasteiger partial charge in [0.05, 0.1) is 5.92 Å². The SMILES string of the molecule is CC(C)C(C(=O)Nc1ncc(Cc2cccc(Cl)c2)s1)c1ccccc1. The van der Waals surface area contributed by atoms with E-state index in [1.54, 1.807) is 0 Å². The second kappa shape index (κ2) is 8.47. The summed E-state index contributed by atoms with van der Waals surface area (Å²) in [4.78, 5) is 18.3. The molecule has 1 aromatic heterocycles. The van der Waals surface area contributed by atoms with E-state index in [-0.39, 0.29) is 17.7 Å². The van der Waals surface area contributed by atoms with Crippen LogP contribution in [0.2, 0.25) is 5.02 Å². The first-order valence-corrected chi connectivity index (χ1v) is 9.77. The maximum Gasteiger partial charge on any atom is 0.233 e. The van der Waals surface area contributed by atoms with Gasteiger partial charge in [0, 0.05) is 22.5 Å². The van der Waals surface area contributed by atoms with Gasteiger partial charge in [0.1, 0.15) is 0 Å². The molecule has 1 atom stereocenters. The van der Waals surface area contributed by atoms with Gasteiger partial charge in [-0.25, -0.2) is 4.98 Å². The number of hydrogen-bond acceptors (Lipinski definition) is 3. The maximum atomic E-state index is 12.8.